The molecule has 216 valence electrons. The largest absolute Gasteiger partial charge is 0.368 e. The van der Waals surface area contributed by atoms with Crippen LogP contribution in [0.3, 0.4) is 0 Å². The Morgan fingerprint density at radius 2 is 1.67 bits per heavy atom. The van der Waals surface area contributed by atoms with Crippen molar-refractivity contribution in [3.63, 3.8) is 0 Å². The van der Waals surface area contributed by atoms with Crippen molar-refractivity contribution >= 4 is 17.7 Å². The van der Waals surface area contributed by atoms with Crippen LogP contribution in [0.25, 0.3) is 0 Å². The number of para-hydroxylation sites is 1. The summed E-state index contributed by atoms with van der Waals surface area (Å²) >= 11 is 0. The van der Waals surface area contributed by atoms with Crippen molar-refractivity contribution < 1.29 is 23.5 Å². The zero-order valence-electron chi connectivity index (χ0n) is 23.1. The van der Waals surface area contributed by atoms with Gasteiger partial charge in [0.25, 0.3) is 0 Å². The number of hydrogen-bond acceptors (Lipinski definition) is 5. The molecule has 0 bridgehead atoms. The molecular formula is C32H31F2N5O3. The molecule has 3 aromatic rings. The predicted molar refractivity (Wildman–Crippen MR) is 151 cm³/mol. The van der Waals surface area contributed by atoms with Gasteiger partial charge in [0.2, 0.25) is 0 Å². The SMILES string of the molecule is CN(C(=O)N1C(=O)Nc2ccccc2C1c1ccc(F)c(F)c1)C1(O)CN([C@H]2CC[C@H](c3ccccc3C#N)CC2)C1. The van der Waals surface area contributed by atoms with Crippen LogP contribution in [0.1, 0.15) is 59.9 Å². The number of likely N-dealkylation sites (tertiary alicyclic amines) is 1. The molecule has 1 saturated carbocycles. The van der Waals surface area contributed by atoms with Crippen LogP contribution in [0.5, 0.6) is 0 Å². The fourth-order valence-corrected chi connectivity index (χ4v) is 6.61. The lowest BCUT2D eigenvalue weighted by atomic mass is 9.78. The molecule has 1 saturated heterocycles. The fraction of sp³-hybridized carbons (Fsp3) is 0.344. The number of nitrogens with one attached hydrogen (secondary N) is 1. The highest BCUT2D eigenvalue weighted by Crippen LogP contribution is 2.42. The van der Waals surface area contributed by atoms with Crippen LogP contribution >= 0.6 is 0 Å². The van der Waals surface area contributed by atoms with Gasteiger partial charge >= 0.3 is 12.1 Å². The molecule has 10 heteroatoms. The Balaban J connectivity index is 1.17. The lowest BCUT2D eigenvalue weighted by Gasteiger charge is -2.55. The van der Waals surface area contributed by atoms with Gasteiger partial charge in [0.1, 0.15) is 0 Å². The van der Waals surface area contributed by atoms with Crippen LogP contribution in [0.15, 0.2) is 66.7 Å². The zero-order chi connectivity index (χ0) is 29.6. The number of amides is 4. The van der Waals surface area contributed by atoms with Crippen LogP contribution in [0.4, 0.5) is 24.1 Å². The first-order valence-electron chi connectivity index (χ1n) is 14.1. The van der Waals surface area contributed by atoms with Gasteiger partial charge in [-0.1, -0.05) is 42.5 Å². The second-order valence-corrected chi connectivity index (χ2v) is 11.4. The number of benzene rings is 3. The maximum atomic E-state index is 14.3. The Morgan fingerprint density at radius 3 is 2.36 bits per heavy atom. The number of imide groups is 1. The quantitative estimate of drug-likeness (QED) is 0.400. The van der Waals surface area contributed by atoms with Gasteiger partial charge in [0.15, 0.2) is 17.4 Å². The molecule has 0 spiro atoms. The van der Waals surface area contributed by atoms with E-state index in [1.807, 2.05) is 24.3 Å². The number of aliphatic hydroxyl groups is 1. The highest BCUT2D eigenvalue weighted by molar-refractivity contribution is 6.04. The zero-order valence-corrected chi connectivity index (χ0v) is 23.1. The minimum absolute atomic E-state index is 0.223. The van der Waals surface area contributed by atoms with E-state index in [9.17, 15) is 28.7 Å². The van der Waals surface area contributed by atoms with Crippen molar-refractivity contribution in [2.24, 2.45) is 0 Å². The number of urea groups is 2. The number of fused-ring (bicyclic) bond motifs is 1. The van der Waals surface area contributed by atoms with Gasteiger partial charge in [-0.25, -0.2) is 23.3 Å². The van der Waals surface area contributed by atoms with Crippen molar-refractivity contribution in [3.05, 3.63) is 101 Å². The van der Waals surface area contributed by atoms with Crippen molar-refractivity contribution in [2.45, 2.75) is 49.4 Å². The number of halogens is 2. The molecule has 3 aliphatic rings. The molecule has 0 aromatic heterocycles. The van der Waals surface area contributed by atoms with Gasteiger partial charge in [-0.3, -0.25) is 9.80 Å². The molecule has 0 radical (unpaired) electrons. The molecule has 2 aliphatic heterocycles. The molecule has 42 heavy (non-hydrogen) atoms. The second-order valence-electron chi connectivity index (χ2n) is 11.4. The Kier molecular flexibility index (Phi) is 7.17. The topological polar surface area (TPSA) is 99.9 Å². The Morgan fingerprint density at radius 1 is 1.00 bits per heavy atom. The average Bonchev–Trinajstić information content (AvgIpc) is 2.99. The van der Waals surface area contributed by atoms with Crippen molar-refractivity contribution in [2.75, 3.05) is 25.5 Å². The molecule has 1 aliphatic carbocycles. The number of β-amino-alcohol motifs (C(OH)–C–C–N with tert-alkyl or cyclic N) is 1. The lowest BCUT2D eigenvalue weighted by molar-refractivity contribution is -0.188. The van der Waals surface area contributed by atoms with Gasteiger partial charge in [-0.2, -0.15) is 5.26 Å². The molecule has 2 heterocycles. The highest BCUT2D eigenvalue weighted by atomic mass is 19.2. The summed E-state index contributed by atoms with van der Waals surface area (Å²) in [5.41, 5.74) is 1.53. The summed E-state index contributed by atoms with van der Waals surface area (Å²) in [6, 6.07) is 17.9. The number of hydrogen-bond donors (Lipinski definition) is 2. The van der Waals surface area contributed by atoms with Crippen molar-refractivity contribution in [1.29, 1.82) is 5.26 Å². The molecule has 1 unspecified atom stereocenters. The molecule has 8 nitrogen and oxygen atoms in total. The highest BCUT2D eigenvalue weighted by Gasteiger charge is 2.52. The number of nitrogens with zero attached hydrogens (tertiary/aromatic N) is 4. The molecule has 4 amide bonds. The van der Waals surface area contributed by atoms with Gasteiger partial charge in [0.05, 0.1) is 17.7 Å². The molecule has 2 fully saturated rings. The van der Waals surface area contributed by atoms with E-state index in [-0.39, 0.29) is 24.7 Å². The summed E-state index contributed by atoms with van der Waals surface area (Å²) in [6.45, 7) is 0.447. The van der Waals surface area contributed by atoms with E-state index < -0.39 is 35.5 Å². The molecule has 2 N–H and O–H groups in total. The summed E-state index contributed by atoms with van der Waals surface area (Å²) in [5, 5.41) is 23.6. The van der Waals surface area contributed by atoms with E-state index in [1.165, 1.54) is 18.0 Å². The number of nitriles is 1. The second kappa shape index (κ2) is 10.8. The first-order valence-corrected chi connectivity index (χ1v) is 14.1. The third-order valence-corrected chi connectivity index (χ3v) is 9.00. The Labute approximate surface area is 242 Å². The predicted octanol–water partition coefficient (Wildman–Crippen LogP) is 5.56. The monoisotopic (exact) mass is 571 g/mol. The average molecular weight is 572 g/mol. The summed E-state index contributed by atoms with van der Waals surface area (Å²) in [5.74, 6) is -1.81. The Hall–Kier alpha value is -4.33. The summed E-state index contributed by atoms with van der Waals surface area (Å²) in [7, 11) is 1.45. The lowest BCUT2D eigenvalue weighted by Crippen LogP contribution is -2.73. The maximum Gasteiger partial charge on any atom is 0.331 e. The Bertz CT molecular complexity index is 1580. The van der Waals surface area contributed by atoms with Gasteiger partial charge in [-0.05, 0) is 67.0 Å². The van der Waals surface area contributed by atoms with Crippen LogP contribution in [0.2, 0.25) is 0 Å². The van der Waals surface area contributed by atoms with Gasteiger partial charge < -0.3 is 10.4 Å². The molecular weight excluding hydrogens is 540 g/mol. The first kappa shape index (κ1) is 27.8. The number of carbonyl (C=O) groups is 2. The van der Waals surface area contributed by atoms with E-state index in [0.29, 0.717) is 22.7 Å². The standard InChI is InChI=1S/C32H31F2N5O3/c1-37(32(42)18-38(19-32)23-13-10-20(11-14-23)24-7-3-2-6-22(24)17-35)31(41)39-29(21-12-15-26(33)27(34)16-21)25-8-4-5-9-28(25)36-30(39)40/h2-9,12,15-16,20,23,29,42H,10-11,13-14,18-19H2,1H3,(H,36,40)/t20-,23-,29?. The van der Waals surface area contributed by atoms with E-state index in [0.717, 1.165) is 48.3 Å². The normalized spacial score (nSPS) is 23.3. The molecule has 1 atom stereocenters. The molecule has 3 aromatic carbocycles. The third kappa shape index (κ3) is 4.78. The summed E-state index contributed by atoms with van der Waals surface area (Å²) in [6.07, 6.45) is 3.66. The summed E-state index contributed by atoms with van der Waals surface area (Å²) in [4.78, 5) is 31.4. The van der Waals surface area contributed by atoms with Gasteiger partial charge in [-0.15, -0.1) is 0 Å². The first-order chi connectivity index (χ1) is 20.2. The van der Waals surface area contributed by atoms with Gasteiger partial charge in [0, 0.05) is 37.4 Å². The van der Waals surface area contributed by atoms with Crippen LogP contribution in [-0.2, 0) is 0 Å². The minimum atomic E-state index is -1.50. The maximum absolute atomic E-state index is 14.3. The fourth-order valence-electron chi connectivity index (χ4n) is 6.61. The van der Waals surface area contributed by atoms with Crippen LogP contribution in [-0.4, -0.2) is 63.8 Å². The minimum Gasteiger partial charge on any atom is -0.368 e. The smallest absolute Gasteiger partial charge is 0.331 e. The number of rotatable bonds is 4. The van der Waals surface area contributed by atoms with E-state index >= 15 is 0 Å². The van der Waals surface area contributed by atoms with Crippen molar-refractivity contribution in [1.82, 2.24) is 14.7 Å². The van der Waals surface area contributed by atoms with Crippen LogP contribution < -0.4 is 5.32 Å². The summed E-state index contributed by atoms with van der Waals surface area (Å²) < 4.78 is 28.0. The number of anilines is 1. The van der Waals surface area contributed by atoms with E-state index in [4.69, 9.17) is 0 Å². The third-order valence-electron chi connectivity index (χ3n) is 9.00. The number of carbonyl (C=O) groups excluding carboxylic acids is 2. The van der Waals surface area contributed by atoms with Crippen molar-refractivity contribution in [3.8, 4) is 6.07 Å². The van der Waals surface area contributed by atoms with Crippen LogP contribution in [0, 0.1) is 23.0 Å². The van der Waals surface area contributed by atoms with E-state index in [1.54, 1.807) is 24.3 Å². The van der Waals surface area contributed by atoms with E-state index in [2.05, 4.69) is 16.3 Å². The number of likely N-dealkylation sites (N-methyl/N-ethyl adjacent to an activating group) is 1. The molecule has 6 rings (SSSR count).